The van der Waals surface area contributed by atoms with Crippen LogP contribution >= 0.6 is 0 Å². The minimum absolute atomic E-state index is 0.143. The molecule has 174 valence electrons. The average Bonchev–Trinajstić information content (AvgIpc) is 2.77. The van der Waals surface area contributed by atoms with Gasteiger partial charge in [0.25, 0.3) is 0 Å². The summed E-state index contributed by atoms with van der Waals surface area (Å²) in [5, 5.41) is 12.6. The Morgan fingerprint density at radius 3 is 2.52 bits per heavy atom. The molecule has 0 bridgehead atoms. The number of nitrogens with one attached hydrogen (secondary N) is 1. The zero-order valence-corrected chi connectivity index (χ0v) is 19.9. The van der Waals surface area contributed by atoms with Crippen LogP contribution in [0, 0.1) is 12.8 Å². The maximum absolute atomic E-state index is 13.5. The maximum atomic E-state index is 13.5. The molecule has 5 heteroatoms. The lowest BCUT2D eigenvalue weighted by atomic mass is 9.95. The van der Waals surface area contributed by atoms with Gasteiger partial charge in [0.15, 0.2) is 0 Å². The number of hydrogen-bond acceptors (Lipinski definition) is 3. The first kappa shape index (κ1) is 24.3. The maximum Gasteiger partial charge on any atom is 0.305 e. The fourth-order valence-electron chi connectivity index (χ4n) is 4.29. The normalized spacial score (nSPS) is 15.2. The van der Waals surface area contributed by atoms with E-state index >= 15 is 0 Å². The largest absolute Gasteiger partial charge is 0.481 e. The number of allylic oxidation sites excluding steroid dienone is 2. The predicted molar refractivity (Wildman–Crippen MR) is 133 cm³/mol. The third-order valence-electron chi connectivity index (χ3n) is 5.90. The minimum atomic E-state index is -0.946. The molecule has 3 rings (SSSR count). The van der Waals surface area contributed by atoms with E-state index in [1.807, 2.05) is 60.5 Å². The molecule has 0 fully saturated rings. The van der Waals surface area contributed by atoms with E-state index in [-0.39, 0.29) is 18.4 Å². The predicted octanol–water partition coefficient (Wildman–Crippen LogP) is 5.48. The zero-order valence-electron chi connectivity index (χ0n) is 19.9. The molecule has 0 saturated heterocycles. The van der Waals surface area contributed by atoms with E-state index in [9.17, 15) is 14.7 Å². The van der Waals surface area contributed by atoms with Crippen molar-refractivity contribution in [3.8, 4) is 11.1 Å². The molecule has 0 saturated carbocycles. The molecule has 0 aromatic heterocycles. The number of carboxylic acids is 1. The highest BCUT2D eigenvalue weighted by atomic mass is 16.4. The van der Waals surface area contributed by atoms with E-state index in [2.05, 4.69) is 44.3 Å². The van der Waals surface area contributed by atoms with Gasteiger partial charge in [0.05, 0.1) is 12.5 Å². The van der Waals surface area contributed by atoms with Crippen molar-refractivity contribution in [2.24, 2.45) is 5.92 Å². The first-order valence-corrected chi connectivity index (χ1v) is 11.5. The van der Waals surface area contributed by atoms with Gasteiger partial charge in [0.2, 0.25) is 5.91 Å². The third-order valence-corrected chi connectivity index (χ3v) is 5.90. The van der Waals surface area contributed by atoms with Crippen LogP contribution in [0.25, 0.3) is 11.1 Å². The molecule has 1 aliphatic rings. The Balaban J connectivity index is 1.89. The summed E-state index contributed by atoms with van der Waals surface area (Å²) in [7, 11) is 0. The van der Waals surface area contributed by atoms with Crippen molar-refractivity contribution < 1.29 is 14.7 Å². The Morgan fingerprint density at radius 2 is 1.85 bits per heavy atom. The molecule has 33 heavy (non-hydrogen) atoms. The average molecular weight is 447 g/mol. The fourth-order valence-corrected chi connectivity index (χ4v) is 4.29. The molecule has 0 unspecified atom stereocenters. The first-order valence-electron chi connectivity index (χ1n) is 11.5. The SMILES string of the molecule is CC1=CN([C@H](CC(C)C)C(=O)N[C@@H](CC(=O)O)c2cccc(-c3ccccc3C)c2)CC=C1. The first-order chi connectivity index (χ1) is 15.7. The molecular formula is C28H34N2O3. The summed E-state index contributed by atoms with van der Waals surface area (Å²) in [6.45, 7) is 8.91. The molecule has 0 aliphatic carbocycles. The fraction of sp³-hybridized carbons (Fsp3) is 0.357. The van der Waals surface area contributed by atoms with Crippen molar-refractivity contribution in [3.63, 3.8) is 0 Å². The molecule has 5 nitrogen and oxygen atoms in total. The molecule has 2 N–H and O–H groups in total. The van der Waals surface area contributed by atoms with Crippen LogP contribution in [0.3, 0.4) is 0 Å². The monoisotopic (exact) mass is 446 g/mol. The molecule has 1 amide bonds. The number of rotatable bonds is 9. The van der Waals surface area contributed by atoms with Crippen molar-refractivity contribution in [2.75, 3.05) is 6.54 Å². The standard InChI is InChI=1S/C28H34N2O3/c1-19(2)15-26(30-14-8-9-20(3)18-30)28(33)29-25(17-27(31)32)23-12-7-11-22(16-23)24-13-6-5-10-21(24)4/h5-13,16,18-19,25-26H,14-15,17H2,1-4H3,(H,29,33)(H,31,32)/t25-,26+/m0/s1. The number of carbonyl (C=O) groups excluding carboxylic acids is 1. The van der Waals surface area contributed by atoms with Crippen LogP contribution in [0.2, 0.25) is 0 Å². The summed E-state index contributed by atoms with van der Waals surface area (Å²) in [5.74, 6) is -0.767. The Hall–Kier alpha value is -3.34. The van der Waals surface area contributed by atoms with Crippen molar-refractivity contribution in [1.82, 2.24) is 10.2 Å². The highest BCUT2D eigenvalue weighted by molar-refractivity contribution is 5.83. The Kier molecular flexibility index (Phi) is 8.10. The summed E-state index contributed by atoms with van der Waals surface area (Å²) in [5.41, 5.74) is 5.13. The number of benzene rings is 2. The van der Waals surface area contributed by atoms with Gasteiger partial charge in [0.1, 0.15) is 6.04 Å². The van der Waals surface area contributed by atoms with Crippen LogP contribution in [0.15, 0.2) is 72.5 Å². The van der Waals surface area contributed by atoms with Crippen LogP contribution in [-0.4, -0.2) is 34.5 Å². The summed E-state index contributed by atoms with van der Waals surface area (Å²) >= 11 is 0. The molecule has 0 radical (unpaired) electrons. The number of aryl methyl sites for hydroxylation is 1. The van der Waals surface area contributed by atoms with Crippen molar-refractivity contribution in [1.29, 1.82) is 0 Å². The number of hydrogen-bond donors (Lipinski definition) is 2. The van der Waals surface area contributed by atoms with Crippen molar-refractivity contribution in [3.05, 3.63) is 83.6 Å². The lowest BCUT2D eigenvalue weighted by Gasteiger charge is -2.33. The highest BCUT2D eigenvalue weighted by Crippen LogP contribution is 2.28. The Morgan fingerprint density at radius 1 is 1.09 bits per heavy atom. The second-order valence-corrected chi connectivity index (χ2v) is 9.22. The number of carbonyl (C=O) groups is 2. The van der Waals surface area contributed by atoms with Gasteiger partial charge in [-0.25, -0.2) is 0 Å². The quantitative estimate of drug-likeness (QED) is 0.535. The van der Waals surface area contributed by atoms with E-state index in [0.29, 0.717) is 18.9 Å². The van der Waals surface area contributed by atoms with Crippen molar-refractivity contribution >= 4 is 11.9 Å². The van der Waals surface area contributed by atoms with Gasteiger partial charge in [-0.05, 0) is 60.1 Å². The number of amides is 1. The number of carboxylic acid groups (broad SMARTS) is 1. The zero-order chi connectivity index (χ0) is 24.0. The highest BCUT2D eigenvalue weighted by Gasteiger charge is 2.28. The topological polar surface area (TPSA) is 69.6 Å². The van der Waals surface area contributed by atoms with Crippen LogP contribution < -0.4 is 5.32 Å². The van der Waals surface area contributed by atoms with Gasteiger partial charge < -0.3 is 15.3 Å². The molecule has 2 atom stereocenters. The third kappa shape index (κ3) is 6.58. The second-order valence-electron chi connectivity index (χ2n) is 9.22. The summed E-state index contributed by atoms with van der Waals surface area (Å²) in [4.78, 5) is 27.2. The molecule has 0 spiro atoms. The summed E-state index contributed by atoms with van der Waals surface area (Å²) < 4.78 is 0. The van der Waals surface area contributed by atoms with Crippen LogP contribution in [0.1, 0.15) is 50.8 Å². The van der Waals surface area contributed by atoms with E-state index < -0.39 is 12.0 Å². The summed E-state index contributed by atoms with van der Waals surface area (Å²) in [6.07, 6.45) is 6.62. The molecule has 1 heterocycles. The Labute approximate surface area is 196 Å². The lowest BCUT2D eigenvalue weighted by Crippen LogP contribution is -2.47. The van der Waals surface area contributed by atoms with Gasteiger partial charge in [0, 0.05) is 12.7 Å². The van der Waals surface area contributed by atoms with Crippen molar-refractivity contribution in [2.45, 2.75) is 52.6 Å². The van der Waals surface area contributed by atoms with Gasteiger partial charge in [-0.2, -0.15) is 0 Å². The smallest absolute Gasteiger partial charge is 0.305 e. The van der Waals surface area contributed by atoms with E-state index in [1.165, 1.54) is 0 Å². The van der Waals surface area contributed by atoms with E-state index in [1.54, 1.807) is 0 Å². The van der Waals surface area contributed by atoms with Gasteiger partial charge >= 0.3 is 5.97 Å². The Bertz CT molecular complexity index is 1050. The van der Waals surface area contributed by atoms with Gasteiger partial charge in [-0.3, -0.25) is 9.59 Å². The number of nitrogens with zero attached hydrogens (tertiary/aromatic N) is 1. The van der Waals surface area contributed by atoms with E-state index in [4.69, 9.17) is 0 Å². The second kappa shape index (κ2) is 11.0. The van der Waals surface area contributed by atoms with E-state index in [0.717, 1.165) is 27.8 Å². The van der Waals surface area contributed by atoms with Gasteiger partial charge in [-0.15, -0.1) is 0 Å². The minimum Gasteiger partial charge on any atom is -0.481 e. The molecular weight excluding hydrogens is 412 g/mol. The van der Waals surface area contributed by atoms with Crippen LogP contribution in [0.4, 0.5) is 0 Å². The lowest BCUT2D eigenvalue weighted by molar-refractivity contribution is -0.138. The van der Waals surface area contributed by atoms with Crippen LogP contribution in [0.5, 0.6) is 0 Å². The molecule has 1 aliphatic heterocycles. The van der Waals surface area contributed by atoms with Crippen LogP contribution in [-0.2, 0) is 9.59 Å². The number of aliphatic carboxylic acids is 1. The summed E-state index contributed by atoms with van der Waals surface area (Å²) in [6, 6.07) is 14.9. The van der Waals surface area contributed by atoms with Gasteiger partial charge in [-0.1, -0.05) is 68.5 Å². The molecule has 2 aromatic rings. The molecule has 2 aromatic carbocycles.